The first-order valence-electron chi connectivity index (χ1n) is 8.97. The molecule has 0 aliphatic carbocycles. The molecule has 1 aliphatic rings. The number of piperazine rings is 1. The SMILES string of the molecule is COc1cc(C[NH+]2CCN(c3cccc(C(F)(F)F)c3)CC2)cc([N+](=O)[O-])c1[O-]. The zero-order valence-electron chi connectivity index (χ0n) is 15.7. The van der Waals surface area contributed by atoms with E-state index in [4.69, 9.17) is 4.74 Å². The summed E-state index contributed by atoms with van der Waals surface area (Å²) in [6, 6.07) is 8.00. The average molecular weight is 411 g/mol. The summed E-state index contributed by atoms with van der Waals surface area (Å²) in [4.78, 5) is 13.4. The number of quaternary nitrogens is 1. The van der Waals surface area contributed by atoms with Gasteiger partial charge in [0.15, 0.2) is 0 Å². The fraction of sp³-hybridized carbons (Fsp3) is 0.368. The topological polar surface area (TPSA) is 83.1 Å². The van der Waals surface area contributed by atoms with Crippen LogP contribution in [0.4, 0.5) is 24.5 Å². The molecule has 7 nitrogen and oxygen atoms in total. The number of nitrogens with one attached hydrogen (secondary N) is 1. The summed E-state index contributed by atoms with van der Waals surface area (Å²) in [5.74, 6) is -0.832. The van der Waals surface area contributed by atoms with E-state index in [1.165, 1.54) is 25.3 Å². The van der Waals surface area contributed by atoms with E-state index in [0.717, 1.165) is 17.0 Å². The second-order valence-corrected chi connectivity index (χ2v) is 6.87. The molecule has 1 heterocycles. The summed E-state index contributed by atoms with van der Waals surface area (Å²) in [6.45, 7) is 2.84. The fourth-order valence-electron chi connectivity index (χ4n) is 3.46. The van der Waals surface area contributed by atoms with Crippen LogP contribution in [0.2, 0.25) is 0 Å². The highest BCUT2D eigenvalue weighted by atomic mass is 19.4. The van der Waals surface area contributed by atoms with Crippen LogP contribution in [0.5, 0.6) is 11.5 Å². The Bertz CT molecular complexity index is 897. The number of nitro benzene ring substituents is 1. The zero-order chi connectivity index (χ0) is 21.2. The number of nitrogens with zero attached hydrogens (tertiary/aromatic N) is 2. The van der Waals surface area contributed by atoms with Crippen LogP contribution < -0.4 is 19.6 Å². The first kappa shape index (κ1) is 20.7. The molecule has 0 radical (unpaired) electrons. The number of hydrogen-bond acceptors (Lipinski definition) is 5. The van der Waals surface area contributed by atoms with E-state index in [2.05, 4.69) is 0 Å². The number of ether oxygens (including phenoxy) is 1. The Kier molecular flexibility index (Phi) is 5.83. The molecule has 156 valence electrons. The minimum atomic E-state index is -4.38. The van der Waals surface area contributed by atoms with Gasteiger partial charge in [0.25, 0.3) is 5.69 Å². The van der Waals surface area contributed by atoms with Crippen LogP contribution in [0.15, 0.2) is 36.4 Å². The number of hydrogen-bond donors (Lipinski definition) is 1. The van der Waals surface area contributed by atoms with Gasteiger partial charge < -0.3 is 19.6 Å². The molecule has 0 bridgehead atoms. The predicted molar refractivity (Wildman–Crippen MR) is 97.2 cm³/mol. The lowest BCUT2D eigenvalue weighted by Crippen LogP contribution is -3.13. The maximum absolute atomic E-state index is 12.9. The number of methoxy groups -OCH3 is 1. The Morgan fingerprint density at radius 1 is 1.21 bits per heavy atom. The normalized spacial score (nSPS) is 15.4. The van der Waals surface area contributed by atoms with Crippen LogP contribution >= 0.6 is 0 Å². The van der Waals surface area contributed by atoms with Gasteiger partial charge in [-0.25, -0.2) is 0 Å². The van der Waals surface area contributed by atoms with E-state index in [9.17, 15) is 28.4 Å². The third-order valence-corrected chi connectivity index (χ3v) is 4.97. The Hall–Kier alpha value is -3.01. The molecule has 0 amide bonds. The molecule has 0 aromatic heterocycles. The van der Waals surface area contributed by atoms with Gasteiger partial charge in [-0.2, -0.15) is 13.2 Å². The smallest absolute Gasteiger partial charge is 0.416 e. The van der Waals surface area contributed by atoms with Gasteiger partial charge in [0.1, 0.15) is 12.3 Å². The van der Waals surface area contributed by atoms with Crippen LogP contribution in [-0.4, -0.2) is 38.2 Å². The quantitative estimate of drug-likeness (QED) is 0.597. The molecular formula is C19H20F3N3O4. The molecule has 29 heavy (non-hydrogen) atoms. The van der Waals surface area contributed by atoms with E-state index in [-0.39, 0.29) is 5.75 Å². The highest BCUT2D eigenvalue weighted by Gasteiger charge is 2.31. The molecule has 1 N–H and O–H groups in total. The maximum atomic E-state index is 12.9. The molecule has 2 aromatic carbocycles. The number of nitro groups is 1. The van der Waals surface area contributed by atoms with Gasteiger partial charge in [-0.15, -0.1) is 0 Å². The summed E-state index contributed by atoms with van der Waals surface area (Å²) >= 11 is 0. The second kappa shape index (κ2) is 8.16. The summed E-state index contributed by atoms with van der Waals surface area (Å²) in [5, 5.41) is 23.0. The summed E-state index contributed by atoms with van der Waals surface area (Å²) < 4.78 is 43.7. The predicted octanol–water partition coefficient (Wildman–Crippen LogP) is 1.60. The standard InChI is InChI=1S/C19H20F3N3O4/c1-29-17-10-13(9-16(18(17)26)25(27)28)12-23-5-7-24(8-6-23)15-4-2-3-14(11-15)19(20,21)22/h2-4,9-11,26H,5-8,12H2,1H3. The molecule has 0 saturated carbocycles. The lowest BCUT2D eigenvalue weighted by atomic mass is 10.1. The lowest BCUT2D eigenvalue weighted by Gasteiger charge is -2.34. The van der Waals surface area contributed by atoms with Crippen molar-refractivity contribution in [3.05, 3.63) is 57.6 Å². The Morgan fingerprint density at radius 2 is 1.90 bits per heavy atom. The Labute approximate surface area is 165 Å². The van der Waals surface area contributed by atoms with E-state index < -0.39 is 28.1 Å². The monoisotopic (exact) mass is 411 g/mol. The molecule has 3 rings (SSSR count). The molecule has 0 atom stereocenters. The number of halogens is 3. The molecule has 0 spiro atoms. The highest BCUT2D eigenvalue weighted by molar-refractivity contribution is 5.56. The van der Waals surface area contributed by atoms with Crippen molar-refractivity contribution in [2.24, 2.45) is 0 Å². The van der Waals surface area contributed by atoms with Crippen LogP contribution in [0.3, 0.4) is 0 Å². The van der Waals surface area contributed by atoms with Crippen LogP contribution in [0.1, 0.15) is 11.1 Å². The zero-order valence-corrected chi connectivity index (χ0v) is 15.7. The molecule has 2 aromatic rings. The summed E-state index contributed by atoms with van der Waals surface area (Å²) in [7, 11) is 1.28. The summed E-state index contributed by atoms with van der Waals surface area (Å²) in [5.41, 5.74) is -0.0780. The van der Waals surface area contributed by atoms with Crippen molar-refractivity contribution < 1.29 is 32.8 Å². The van der Waals surface area contributed by atoms with Gasteiger partial charge >= 0.3 is 6.18 Å². The van der Waals surface area contributed by atoms with E-state index in [0.29, 0.717) is 44.0 Å². The molecule has 1 aliphatic heterocycles. The Balaban J connectivity index is 1.68. The van der Waals surface area contributed by atoms with Crippen molar-refractivity contribution in [3.63, 3.8) is 0 Å². The van der Waals surface area contributed by atoms with E-state index in [1.807, 2.05) is 4.90 Å². The van der Waals surface area contributed by atoms with Gasteiger partial charge in [-0.05, 0) is 24.3 Å². The number of alkyl halides is 3. The number of rotatable bonds is 5. The first-order valence-corrected chi connectivity index (χ1v) is 8.97. The van der Waals surface area contributed by atoms with Crippen molar-refractivity contribution >= 4 is 11.4 Å². The van der Waals surface area contributed by atoms with Crippen molar-refractivity contribution in [3.8, 4) is 11.5 Å². The van der Waals surface area contributed by atoms with E-state index in [1.54, 1.807) is 6.07 Å². The second-order valence-electron chi connectivity index (χ2n) is 6.87. The highest BCUT2D eigenvalue weighted by Crippen LogP contribution is 2.34. The van der Waals surface area contributed by atoms with Crippen molar-refractivity contribution in [2.75, 3.05) is 38.2 Å². The number of anilines is 1. The largest absolute Gasteiger partial charge is 0.865 e. The molecule has 1 saturated heterocycles. The minimum absolute atomic E-state index is 0.0730. The Morgan fingerprint density at radius 3 is 2.48 bits per heavy atom. The molecule has 1 fully saturated rings. The fourth-order valence-corrected chi connectivity index (χ4v) is 3.46. The van der Waals surface area contributed by atoms with Gasteiger partial charge in [0.2, 0.25) is 0 Å². The van der Waals surface area contributed by atoms with Crippen molar-refractivity contribution in [1.29, 1.82) is 0 Å². The van der Waals surface area contributed by atoms with Crippen LogP contribution in [-0.2, 0) is 12.7 Å². The minimum Gasteiger partial charge on any atom is -0.865 e. The van der Waals surface area contributed by atoms with Gasteiger partial charge in [-0.3, -0.25) is 10.1 Å². The average Bonchev–Trinajstić information content (AvgIpc) is 2.69. The van der Waals surface area contributed by atoms with Crippen molar-refractivity contribution in [2.45, 2.75) is 12.7 Å². The van der Waals surface area contributed by atoms with Crippen LogP contribution in [0.25, 0.3) is 0 Å². The molecule has 0 unspecified atom stereocenters. The van der Waals surface area contributed by atoms with E-state index >= 15 is 0 Å². The van der Waals surface area contributed by atoms with Crippen molar-refractivity contribution in [1.82, 2.24) is 0 Å². The maximum Gasteiger partial charge on any atom is 0.416 e. The number of benzene rings is 2. The summed E-state index contributed by atoms with van der Waals surface area (Å²) in [6.07, 6.45) is -4.38. The third-order valence-electron chi connectivity index (χ3n) is 4.97. The molecule has 10 heteroatoms. The van der Waals surface area contributed by atoms with Crippen LogP contribution in [0, 0.1) is 10.1 Å². The first-order chi connectivity index (χ1) is 13.7. The van der Waals surface area contributed by atoms with Gasteiger partial charge in [0.05, 0.1) is 43.8 Å². The third kappa shape index (κ3) is 4.70. The van der Waals surface area contributed by atoms with Gasteiger partial charge in [-0.1, -0.05) is 6.07 Å². The molecular weight excluding hydrogens is 391 g/mol. The van der Waals surface area contributed by atoms with Gasteiger partial charge in [0, 0.05) is 23.1 Å². The lowest BCUT2D eigenvalue weighted by molar-refractivity contribution is -0.914.